The molecule has 0 spiro atoms. The van der Waals surface area contributed by atoms with E-state index in [1.165, 1.54) is 5.56 Å². The molecular formula is C10H14BrNO. The lowest BCUT2D eigenvalue weighted by atomic mass is 10.0. The van der Waals surface area contributed by atoms with Crippen LogP contribution in [0.15, 0.2) is 22.7 Å². The maximum absolute atomic E-state index is 5.59. The van der Waals surface area contributed by atoms with Crippen LogP contribution in [0.5, 0.6) is 5.75 Å². The smallest absolute Gasteiger partial charge is 0.120 e. The predicted octanol–water partition coefficient (Wildman–Crippen LogP) is 2.52. The molecule has 13 heavy (non-hydrogen) atoms. The van der Waals surface area contributed by atoms with E-state index in [4.69, 9.17) is 10.5 Å². The Morgan fingerprint density at radius 3 is 2.69 bits per heavy atom. The molecule has 0 aliphatic rings. The number of rotatable bonds is 3. The van der Waals surface area contributed by atoms with Crippen molar-refractivity contribution in [3.63, 3.8) is 0 Å². The molecule has 0 amide bonds. The normalized spacial score (nSPS) is 12.6. The van der Waals surface area contributed by atoms with Gasteiger partial charge in [0.15, 0.2) is 0 Å². The van der Waals surface area contributed by atoms with Crippen molar-refractivity contribution in [2.24, 2.45) is 5.73 Å². The van der Waals surface area contributed by atoms with Gasteiger partial charge in [0.1, 0.15) is 5.75 Å². The van der Waals surface area contributed by atoms with Crippen molar-refractivity contribution in [1.29, 1.82) is 0 Å². The molecule has 0 saturated carbocycles. The molecule has 0 saturated heterocycles. The molecule has 1 aromatic rings. The highest BCUT2D eigenvalue weighted by molar-refractivity contribution is 9.10. The average molecular weight is 244 g/mol. The zero-order valence-electron chi connectivity index (χ0n) is 7.88. The summed E-state index contributed by atoms with van der Waals surface area (Å²) in [6.45, 7) is 2.76. The summed E-state index contributed by atoms with van der Waals surface area (Å²) in [5.41, 5.74) is 6.82. The standard InChI is InChI=1S/C10H14BrNO/c1-7(6-12)9-4-3-8(13-2)5-10(9)11/h3-5,7H,6,12H2,1-2H3. The molecule has 0 fully saturated rings. The van der Waals surface area contributed by atoms with Crippen LogP contribution in [0, 0.1) is 0 Å². The first-order chi connectivity index (χ1) is 6.19. The Hall–Kier alpha value is -0.540. The van der Waals surface area contributed by atoms with E-state index in [-0.39, 0.29) is 0 Å². The van der Waals surface area contributed by atoms with Crippen LogP contribution in [0.2, 0.25) is 0 Å². The first kappa shape index (κ1) is 10.5. The first-order valence-electron chi connectivity index (χ1n) is 4.22. The van der Waals surface area contributed by atoms with Crippen molar-refractivity contribution in [1.82, 2.24) is 0 Å². The molecule has 3 heteroatoms. The van der Waals surface area contributed by atoms with Crippen molar-refractivity contribution in [2.45, 2.75) is 12.8 Å². The molecule has 1 atom stereocenters. The van der Waals surface area contributed by atoms with E-state index in [0.717, 1.165) is 10.2 Å². The Kier molecular flexibility index (Phi) is 3.75. The SMILES string of the molecule is COc1ccc(C(C)CN)c(Br)c1. The van der Waals surface area contributed by atoms with Gasteiger partial charge in [0.25, 0.3) is 0 Å². The van der Waals surface area contributed by atoms with E-state index in [2.05, 4.69) is 22.9 Å². The van der Waals surface area contributed by atoms with Gasteiger partial charge in [-0.15, -0.1) is 0 Å². The topological polar surface area (TPSA) is 35.2 Å². The van der Waals surface area contributed by atoms with Gasteiger partial charge in [-0.2, -0.15) is 0 Å². The Labute approximate surface area is 87.2 Å². The maximum atomic E-state index is 5.59. The van der Waals surface area contributed by atoms with Crippen LogP contribution in [0.4, 0.5) is 0 Å². The minimum Gasteiger partial charge on any atom is -0.497 e. The van der Waals surface area contributed by atoms with Crippen LogP contribution in [-0.2, 0) is 0 Å². The first-order valence-corrected chi connectivity index (χ1v) is 5.01. The summed E-state index contributed by atoms with van der Waals surface area (Å²) < 4.78 is 6.16. The van der Waals surface area contributed by atoms with Gasteiger partial charge in [-0.3, -0.25) is 0 Å². The lowest BCUT2D eigenvalue weighted by molar-refractivity contribution is 0.414. The molecule has 2 nitrogen and oxygen atoms in total. The fraction of sp³-hybridized carbons (Fsp3) is 0.400. The highest BCUT2D eigenvalue weighted by atomic mass is 79.9. The quantitative estimate of drug-likeness (QED) is 0.886. The second-order valence-electron chi connectivity index (χ2n) is 3.02. The van der Waals surface area contributed by atoms with Gasteiger partial charge in [-0.1, -0.05) is 28.9 Å². The minimum absolute atomic E-state index is 0.375. The second kappa shape index (κ2) is 4.63. The summed E-state index contributed by atoms with van der Waals surface area (Å²) in [6.07, 6.45) is 0. The van der Waals surface area contributed by atoms with Gasteiger partial charge in [0, 0.05) is 4.47 Å². The van der Waals surface area contributed by atoms with E-state index in [1.807, 2.05) is 18.2 Å². The lowest BCUT2D eigenvalue weighted by Gasteiger charge is -2.12. The summed E-state index contributed by atoms with van der Waals surface area (Å²) in [7, 11) is 1.66. The van der Waals surface area contributed by atoms with Crippen LogP contribution in [0.1, 0.15) is 18.4 Å². The molecule has 2 N–H and O–H groups in total. The number of methoxy groups -OCH3 is 1. The summed E-state index contributed by atoms with van der Waals surface area (Å²) in [5.74, 6) is 1.24. The van der Waals surface area contributed by atoms with E-state index in [9.17, 15) is 0 Å². The summed E-state index contributed by atoms with van der Waals surface area (Å²) in [5, 5.41) is 0. The van der Waals surface area contributed by atoms with Crippen molar-refractivity contribution in [3.05, 3.63) is 28.2 Å². The van der Waals surface area contributed by atoms with Crippen molar-refractivity contribution < 1.29 is 4.74 Å². The van der Waals surface area contributed by atoms with Crippen LogP contribution >= 0.6 is 15.9 Å². The molecule has 1 rings (SSSR count). The predicted molar refractivity (Wildman–Crippen MR) is 58.2 cm³/mol. The molecule has 1 unspecified atom stereocenters. The van der Waals surface area contributed by atoms with Crippen LogP contribution < -0.4 is 10.5 Å². The highest BCUT2D eigenvalue weighted by Crippen LogP contribution is 2.27. The van der Waals surface area contributed by atoms with Gasteiger partial charge in [-0.25, -0.2) is 0 Å². The monoisotopic (exact) mass is 243 g/mol. The average Bonchev–Trinajstić information content (AvgIpc) is 2.16. The Morgan fingerprint density at radius 1 is 1.54 bits per heavy atom. The van der Waals surface area contributed by atoms with Gasteiger partial charge in [0.2, 0.25) is 0 Å². The second-order valence-corrected chi connectivity index (χ2v) is 3.88. The largest absolute Gasteiger partial charge is 0.497 e. The van der Waals surface area contributed by atoms with E-state index in [0.29, 0.717) is 12.5 Å². The molecule has 0 aromatic heterocycles. The molecular weight excluding hydrogens is 230 g/mol. The fourth-order valence-electron chi connectivity index (χ4n) is 1.16. The number of halogens is 1. The third-order valence-corrected chi connectivity index (χ3v) is 2.78. The number of hydrogen-bond donors (Lipinski definition) is 1. The fourth-order valence-corrected chi connectivity index (χ4v) is 1.91. The molecule has 0 heterocycles. The Balaban J connectivity index is 2.98. The molecule has 0 aliphatic carbocycles. The highest BCUT2D eigenvalue weighted by Gasteiger charge is 2.07. The number of ether oxygens (including phenoxy) is 1. The summed E-state index contributed by atoms with van der Waals surface area (Å²) in [6, 6.07) is 5.95. The van der Waals surface area contributed by atoms with Crippen LogP contribution in [0.25, 0.3) is 0 Å². The number of nitrogens with two attached hydrogens (primary N) is 1. The van der Waals surface area contributed by atoms with Crippen molar-refractivity contribution in [2.75, 3.05) is 13.7 Å². The van der Waals surface area contributed by atoms with Crippen molar-refractivity contribution >= 4 is 15.9 Å². The van der Waals surface area contributed by atoms with Gasteiger partial charge in [-0.05, 0) is 30.2 Å². The molecule has 1 aromatic carbocycles. The Bertz CT molecular complexity index is 288. The number of hydrogen-bond acceptors (Lipinski definition) is 2. The third-order valence-electron chi connectivity index (χ3n) is 2.09. The number of benzene rings is 1. The molecule has 0 aliphatic heterocycles. The van der Waals surface area contributed by atoms with Gasteiger partial charge >= 0.3 is 0 Å². The van der Waals surface area contributed by atoms with Crippen molar-refractivity contribution in [3.8, 4) is 5.75 Å². The molecule has 72 valence electrons. The van der Waals surface area contributed by atoms with Crippen LogP contribution in [0.3, 0.4) is 0 Å². The van der Waals surface area contributed by atoms with Gasteiger partial charge in [0.05, 0.1) is 7.11 Å². The molecule has 0 bridgehead atoms. The van der Waals surface area contributed by atoms with E-state index >= 15 is 0 Å². The zero-order chi connectivity index (χ0) is 9.84. The van der Waals surface area contributed by atoms with Gasteiger partial charge < -0.3 is 10.5 Å². The summed E-state index contributed by atoms with van der Waals surface area (Å²) in [4.78, 5) is 0. The lowest BCUT2D eigenvalue weighted by Crippen LogP contribution is -2.09. The zero-order valence-corrected chi connectivity index (χ0v) is 9.47. The van der Waals surface area contributed by atoms with E-state index in [1.54, 1.807) is 7.11 Å². The van der Waals surface area contributed by atoms with Crippen LogP contribution in [-0.4, -0.2) is 13.7 Å². The minimum atomic E-state index is 0.375. The molecule has 0 radical (unpaired) electrons. The van der Waals surface area contributed by atoms with E-state index < -0.39 is 0 Å². The Morgan fingerprint density at radius 2 is 2.23 bits per heavy atom. The summed E-state index contributed by atoms with van der Waals surface area (Å²) >= 11 is 3.49. The maximum Gasteiger partial charge on any atom is 0.120 e. The third kappa shape index (κ3) is 2.45.